The van der Waals surface area contributed by atoms with Gasteiger partial charge in [0.15, 0.2) is 0 Å². The molecule has 1 saturated heterocycles. The third-order valence-corrected chi connectivity index (χ3v) is 4.57. The molecule has 1 fully saturated rings. The van der Waals surface area contributed by atoms with Crippen molar-refractivity contribution in [2.75, 3.05) is 19.6 Å². The van der Waals surface area contributed by atoms with Crippen LogP contribution in [0.15, 0.2) is 24.4 Å². The summed E-state index contributed by atoms with van der Waals surface area (Å²) >= 11 is 0. The lowest BCUT2D eigenvalue weighted by Crippen LogP contribution is -2.32. The van der Waals surface area contributed by atoms with E-state index in [1.807, 2.05) is 18.3 Å². The number of nitrogens with zero attached hydrogens (tertiary/aromatic N) is 1. The van der Waals surface area contributed by atoms with Crippen molar-refractivity contribution in [2.24, 2.45) is 0 Å². The van der Waals surface area contributed by atoms with Gasteiger partial charge in [0.2, 0.25) is 0 Å². The molecule has 5 heteroatoms. The van der Waals surface area contributed by atoms with Crippen LogP contribution in [-0.4, -0.2) is 40.6 Å². The molecule has 1 aromatic carbocycles. The summed E-state index contributed by atoms with van der Waals surface area (Å²) in [4.78, 5) is 17.4. The first-order valence-corrected chi connectivity index (χ1v) is 7.51. The van der Waals surface area contributed by atoms with Crippen LogP contribution in [0.5, 0.6) is 0 Å². The number of fused-ring (bicyclic) bond motifs is 1. The molecule has 0 unspecified atom stereocenters. The van der Waals surface area contributed by atoms with Crippen molar-refractivity contribution in [3.05, 3.63) is 35.5 Å². The summed E-state index contributed by atoms with van der Waals surface area (Å²) in [6.45, 7) is 5.57. The summed E-state index contributed by atoms with van der Waals surface area (Å²) in [6, 6.07) is 5.63. The number of nitrogens with one attached hydrogen (secondary N) is 2. The maximum Gasteiger partial charge on any atom is 0.276 e. The maximum absolute atomic E-state index is 11.7. The normalized spacial score (nSPS) is 17.2. The van der Waals surface area contributed by atoms with E-state index in [0.717, 1.165) is 43.4 Å². The number of carbonyl (C=O) groups is 1. The Kier molecular flexibility index (Phi) is 3.94. The number of aromatic nitrogens is 1. The Balaban J connectivity index is 1.93. The monoisotopic (exact) mass is 287 g/mol. The predicted octanol–water partition coefficient (Wildman–Crippen LogP) is 2.49. The van der Waals surface area contributed by atoms with Crippen molar-refractivity contribution in [3.63, 3.8) is 0 Å². The Morgan fingerprint density at radius 1 is 1.43 bits per heavy atom. The summed E-state index contributed by atoms with van der Waals surface area (Å²) in [5.74, 6) is 0.0591. The lowest BCUT2D eigenvalue weighted by molar-refractivity contribution is 0.0708. The number of likely N-dealkylation sites (tertiary alicyclic amines) is 1. The number of rotatable bonds is 3. The predicted molar refractivity (Wildman–Crippen MR) is 81.6 cm³/mol. The molecule has 1 amide bonds. The highest BCUT2D eigenvalue weighted by Crippen LogP contribution is 2.34. The molecule has 1 aromatic heterocycles. The first-order valence-electron chi connectivity index (χ1n) is 7.51. The van der Waals surface area contributed by atoms with E-state index in [-0.39, 0.29) is 0 Å². The van der Waals surface area contributed by atoms with E-state index in [9.17, 15) is 4.79 Å². The summed E-state index contributed by atoms with van der Waals surface area (Å²) in [6.07, 6.45) is 4.32. The molecule has 0 aliphatic carbocycles. The summed E-state index contributed by atoms with van der Waals surface area (Å²) in [5.41, 5.74) is 4.28. The smallest absolute Gasteiger partial charge is 0.276 e. The molecule has 2 heterocycles. The minimum Gasteiger partial charge on any atom is -0.360 e. The molecule has 0 saturated carbocycles. The van der Waals surface area contributed by atoms with Crippen molar-refractivity contribution in [2.45, 2.75) is 25.7 Å². The number of aromatic amines is 1. The number of carbonyl (C=O) groups excluding carboxylic acids is 1. The second-order valence-corrected chi connectivity index (χ2v) is 5.62. The molecule has 3 N–H and O–H groups in total. The van der Waals surface area contributed by atoms with Gasteiger partial charge >= 0.3 is 0 Å². The van der Waals surface area contributed by atoms with Crippen LogP contribution in [0.25, 0.3) is 10.9 Å². The van der Waals surface area contributed by atoms with Gasteiger partial charge in [-0.3, -0.25) is 10.0 Å². The van der Waals surface area contributed by atoms with Gasteiger partial charge < -0.3 is 9.88 Å². The van der Waals surface area contributed by atoms with Gasteiger partial charge in [0.25, 0.3) is 5.91 Å². The maximum atomic E-state index is 11.7. The van der Waals surface area contributed by atoms with Crippen LogP contribution < -0.4 is 5.48 Å². The van der Waals surface area contributed by atoms with E-state index in [2.05, 4.69) is 16.8 Å². The number of hydrogen-bond donors (Lipinski definition) is 3. The van der Waals surface area contributed by atoms with E-state index in [1.54, 1.807) is 11.5 Å². The van der Waals surface area contributed by atoms with E-state index in [0.29, 0.717) is 11.5 Å². The fraction of sp³-hybridized carbons (Fsp3) is 0.438. The number of H-pyrrole nitrogens is 1. The van der Waals surface area contributed by atoms with Gasteiger partial charge in [-0.2, -0.15) is 0 Å². The van der Waals surface area contributed by atoms with Crippen LogP contribution in [0.2, 0.25) is 0 Å². The Hall–Kier alpha value is -1.85. The third-order valence-electron chi connectivity index (χ3n) is 4.57. The standard InChI is InChI=1S/C16H21N3O2/c1-2-19-8-6-11(7-9-19)14-10-17-15-12(14)4-3-5-13(15)16(20)18-21/h3-5,10-11,17,21H,2,6-9H2,1H3,(H,18,20). The van der Waals surface area contributed by atoms with Crippen molar-refractivity contribution in [1.29, 1.82) is 0 Å². The molecule has 0 spiro atoms. The fourth-order valence-electron chi connectivity index (χ4n) is 3.32. The molecule has 21 heavy (non-hydrogen) atoms. The summed E-state index contributed by atoms with van der Waals surface area (Å²) < 4.78 is 0. The minimum atomic E-state index is -0.477. The van der Waals surface area contributed by atoms with E-state index in [4.69, 9.17) is 5.21 Å². The SMILES string of the molecule is CCN1CCC(c2c[nH]c3c(C(=O)NO)cccc23)CC1. The van der Waals surface area contributed by atoms with Gasteiger partial charge in [-0.05, 0) is 50.0 Å². The minimum absolute atomic E-state index is 0.477. The third kappa shape index (κ3) is 2.54. The van der Waals surface area contributed by atoms with Crippen LogP contribution in [-0.2, 0) is 0 Å². The summed E-state index contributed by atoms with van der Waals surface area (Å²) in [5, 5.41) is 9.93. The van der Waals surface area contributed by atoms with Gasteiger partial charge in [0.05, 0.1) is 11.1 Å². The number of hydrogen-bond acceptors (Lipinski definition) is 3. The van der Waals surface area contributed by atoms with Crippen LogP contribution in [0.1, 0.15) is 41.6 Å². The number of hydroxylamine groups is 1. The molecule has 2 aromatic rings. The van der Waals surface area contributed by atoms with Crippen LogP contribution >= 0.6 is 0 Å². The second-order valence-electron chi connectivity index (χ2n) is 5.62. The highest BCUT2D eigenvalue weighted by molar-refractivity contribution is 6.06. The molecular weight excluding hydrogens is 266 g/mol. The average molecular weight is 287 g/mol. The molecule has 112 valence electrons. The highest BCUT2D eigenvalue weighted by atomic mass is 16.5. The Morgan fingerprint density at radius 3 is 2.86 bits per heavy atom. The van der Waals surface area contributed by atoms with Crippen LogP contribution in [0.3, 0.4) is 0 Å². The molecule has 3 rings (SSSR count). The van der Waals surface area contributed by atoms with Gasteiger partial charge in [-0.25, -0.2) is 5.48 Å². The molecule has 1 aliphatic heterocycles. The lowest BCUT2D eigenvalue weighted by atomic mass is 9.89. The Bertz CT molecular complexity index is 642. The first kappa shape index (κ1) is 14.1. The Labute approximate surface area is 123 Å². The zero-order chi connectivity index (χ0) is 14.8. The van der Waals surface area contributed by atoms with Crippen molar-refractivity contribution >= 4 is 16.8 Å². The molecule has 1 aliphatic rings. The number of benzene rings is 1. The van der Waals surface area contributed by atoms with Gasteiger partial charge in [-0.1, -0.05) is 19.1 Å². The molecule has 0 atom stereocenters. The van der Waals surface area contributed by atoms with Gasteiger partial charge in [-0.15, -0.1) is 0 Å². The number of piperidine rings is 1. The molecule has 5 nitrogen and oxygen atoms in total. The molecule has 0 bridgehead atoms. The quantitative estimate of drug-likeness (QED) is 0.600. The van der Waals surface area contributed by atoms with E-state index < -0.39 is 5.91 Å². The number of amides is 1. The lowest BCUT2D eigenvalue weighted by Gasteiger charge is -2.30. The zero-order valence-electron chi connectivity index (χ0n) is 12.2. The fourth-order valence-corrected chi connectivity index (χ4v) is 3.32. The molecule has 0 radical (unpaired) electrons. The zero-order valence-corrected chi connectivity index (χ0v) is 12.2. The topological polar surface area (TPSA) is 68.4 Å². The van der Waals surface area contributed by atoms with E-state index in [1.165, 1.54) is 5.56 Å². The van der Waals surface area contributed by atoms with E-state index >= 15 is 0 Å². The summed E-state index contributed by atoms with van der Waals surface area (Å²) in [7, 11) is 0. The van der Waals surface area contributed by atoms with Crippen LogP contribution in [0.4, 0.5) is 0 Å². The van der Waals surface area contributed by atoms with Crippen molar-refractivity contribution in [1.82, 2.24) is 15.4 Å². The Morgan fingerprint density at radius 2 is 2.19 bits per heavy atom. The largest absolute Gasteiger partial charge is 0.360 e. The molecular formula is C16H21N3O2. The van der Waals surface area contributed by atoms with Crippen molar-refractivity contribution < 1.29 is 10.0 Å². The first-order chi connectivity index (χ1) is 10.2. The van der Waals surface area contributed by atoms with Gasteiger partial charge in [0.1, 0.15) is 0 Å². The second kappa shape index (κ2) is 5.87. The average Bonchev–Trinajstić information content (AvgIpc) is 2.98. The van der Waals surface area contributed by atoms with Gasteiger partial charge in [0, 0.05) is 11.6 Å². The number of para-hydroxylation sites is 1. The van der Waals surface area contributed by atoms with Crippen molar-refractivity contribution in [3.8, 4) is 0 Å². The highest BCUT2D eigenvalue weighted by Gasteiger charge is 2.23. The van der Waals surface area contributed by atoms with Crippen LogP contribution in [0, 0.1) is 0 Å².